The van der Waals surface area contributed by atoms with E-state index in [4.69, 9.17) is 11.6 Å². The van der Waals surface area contributed by atoms with E-state index in [1.54, 1.807) is 6.08 Å². The number of carbonyl (C=O) groups is 2. The first-order chi connectivity index (χ1) is 13.0. The summed E-state index contributed by atoms with van der Waals surface area (Å²) in [6.45, 7) is 6.12. The number of Topliss-reactive ketones (excluding diaryl/α,β-unsaturated/α-hetero) is 1. The van der Waals surface area contributed by atoms with Gasteiger partial charge in [0.1, 0.15) is 0 Å². The van der Waals surface area contributed by atoms with Crippen molar-refractivity contribution in [2.45, 2.75) is 70.7 Å². The Labute approximate surface area is 171 Å². The van der Waals surface area contributed by atoms with Crippen LogP contribution in [0.25, 0.3) is 0 Å². The van der Waals surface area contributed by atoms with E-state index in [-0.39, 0.29) is 47.2 Å². The third-order valence-electron chi connectivity index (χ3n) is 8.98. The quantitative estimate of drug-likeness (QED) is 0.607. The van der Waals surface area contributed by atoms with Gasteiger partial charge >= 0.3 is 0 Å². The van der Waals surface area contributed by atoms with Gasteiger partial charge in [0, 0.05) is 11.8 Å². The standard InChI is InChI=1S/C22H31ClO5/c1-11-6-13-15-8-17(26)22(28,18(27)10-23)21(15,3)9-16(25)19(13)20(2)5-4-12(24)7-14(11)20/h7,11,13,15-17,19,25-26,28H,4-6,8-10H2,1-3H3/t11-,13-,15-,16-,17+,19+,20-,21-,22-/m0/s1. The van der Waals surface area contributed by atoms with Gasteiger partial charge in [0.05, 0.1) is 18.1 Å². The first-order valence-corrected chi connectivity index (χ1v) is 11.0. The molecule has 156 valence electrons. The predicted octanol–water partition coefficient (Wildman–Crippen LogP) is 2.24. The number of carbonyl (C=O) groups excluding carboxylic acids is 2. The van der Waals surface area contributed by atoms with Gasteiger partial charge < -0.3 is 15.3 Å². The Kier molecular flexibility index (Phi) is 4.67. The molecule has 0 aromatic carbocycles. The number of hydrogen-bond donors (Lipinski definition) is 3. The van der Waals surface area contributed by atoms with Crippen molar-refractivity contribution >= 4 is 23.2 Å². The summed E-state index contributed by atoms with van der Waals surface area (Å²) in [5, 5.41) is 33.4. The average Bonchev–Trinajstić information content (AvgIpc) is 2.83. The van der Waals surface area contributed by atoms with Crippen molar-refractivity contribution in [3.8, 4) is 0 Å². The normalized spacial score (nSPS) is 53.1. The number of hydrogen-bond acceptors (Lipinski definition) is 5. The molecule has 0 aliphatic heterocycles. The lowest BCUT2D eigenvalue weighted by Gasteiger charge is -2.61. The third-order valence-corrected chi connectivity index (χ3v) is 9.22. The summed E-state index contributed by atoms with van der Waals surface area (Å²) in [4.78, 5) is 24.7. The van der Waals surface area contributed by atoms with Gasteiger partial charge in [-0.15, -0.1) is 11.6 Å². The van der Waals surface area contributed by atoms with Crippen LogP contribution in [0.5, 0.6) is 0 Å². The molecule has 5 nitrogen and oxygen atoms in total. The van der Waals surface area contributed by atoms with Crippen LogP contribution in [0.1, 0.15) is 52.9 Å². The van der Waals surface area contributed by atoms with Gasteiger partial charge in [0.15, 0.2) is 17.2 Å². The van der Waals surface area contributed by atoms with Crippen LogP contribution in [0.15, 0.2) is 11.6 Å². The summed E-state index contributed by atoms with van der Waals surface area (Å²) in [6.07, 6.45) is 2.49. The molecule has 3 fully saturated rings. The summed E-state index contributed by atoms with van der Waals surface area (Å²) in [6, 6.07) is 0. The number of halogens is 1. The van der Waals surface area contributed by atoms with E-state index < -0.39 is 29.0 Å². The topological polar surface area (TPSA) is 94.8 Å². The van der Waals surface area contributed by atoms with Gasteiger partial charge in [-0.3, -0.25) is 9.59 Å². The van der Waals surface area contributed by atoms with Crippen molar-refractivity contribution in [1.82, 2.24) is 0 Å². The number of allylic oxidation sites excluding steroid dienone is 1. The molecule has 0 saturated heterocycles. The highest BCUT2D eigenvalue weighted by Crippen LogP contribution is 2.68. The van der Waals surface area contributed by atoms with E-state index >= 15 is 0 Å². The molecule has 0 unspecified atom stereocenters. The maximum Gasteiger partial charge on any atom is 0.182 e. The maximum atomic E-state index is 12.6. The zero-order valence-electron chi connectivity index (χ0n) is 16.8. The molecule has 0 heterocycles. The largest absolute Gasteiger partial charge is 0.393 e. The van der Waals surface area contributed by atoms with Crippen LogP contribution < -0.4 is 0 Å². The Morgan fingerprint density at radius 2 is 1.96 bits per heavy atom. The number of rotatable bonds is 2. The molecule has 0 radical (unpaired) electrons. The van der Waals surface area contributed by atoms with E-state index in [1.807, 2.05) is 6.92 Å². The molecule has 3 N–H and O–H groups in total. The molecule has 0 spiro atoms. The van der Waals surface area contributed by atoms with E-state index in [9.17, 15) is 24.9 Å². The highest BCUT2D eigenvalue weighted by Gasteiger charge is 2.71. The molecule has 0 amide bonds. The average molecular weight is 411 g/mol. The molecule has 4 aliphatic rings. The highest BCUT2D eigenvalue weighted by atomic mass is 35.5. The summed E-state index contributed by atoms with van der Waals surface area (Å²) < 4.78 is 0. The Bertz CT molecular complexity index is 749. The molecule has 0 aromatic rings. The van der Waals surface area contributed by atoms with Crippen molar-refractivity contribution in [2.24, 2.45) is 34.5 Å². The van der Waals surface area contributed by atoms with E-state index in [2.05, 4.69) is 13.8 Å². The molecule has 6 heteroatoms. The lowest BCUT2D eigenvalue weighted by molar-refractivity contribution is -0.191. The lowest BCUT2D eigenvalue weighted by Crippen LogP contribution is -2.64. The Balaban J connectivity index is 1.80. The van der Waals surface area contributed by atoms with Crippen molar-refractivity contribution in [1.29, 1.82) is 0 Å². The minimum absolute atomic E-state index is 0.0400. The number of fused-ring (bicyclic) bond motifs is 5. The second kappa shape index (κ2) is 6.37. The SMILES string of the molecule is C[C@H]1C[C@@H]2[C@H]([C@@H](O)C[C@@]3(C)[C@H]2C[C@@H](O)[C@]3(O)C(=O)CCl)[C@@]2(C)CCC(=O)C=C12. The first kappa shape index (κ1) is 20.5. The Morgan fingerprint density at radius 1 is 1.29 bits per heavy atom. The Hall–Kier alpha value is -0.750. The van der Waals surface area contributed by atoms with Crippen LogP contribution in [-0.4, -0.2) is 50.6 Å². The van der Waals surface area contributed by atoms with E-state index in [0.29, 0.717) is 12.8 Å². The highest BCUT2D eigenvalue weighted by molar-refractivity contribution is 6.29. The van der Waals surface area contributed by atoms with Crippen LogP contribution in [0.2, 0.25) is 0 Å². The van der Waals surface area contributed by atoms with Crippen molar-refractivity contribution in [3.05, 3.63) is 11.6 Å². The number of ketones is 2. The lowest BCUT2D eigenvalue weighted by atomic mass is 9.44. The van der Waals surface area contributed by atoms with Gasteiger partial charge in [-0.1, -0.05) is 26.3 Å². The molecular formula is C22H31ClO5. The van der Waals surface area contributed by atoms with Gasteiger partial charge in [0.2, 0.25) is 0 Å². The maximum absolute atomic E-state index is 12.6. The van der Waals surface area contributed by atoms with Crippen LogP contribution >= 0.6 is 11.6 Å². The van der Waals surface area contributed by atoms with Crippen molar-refractivity contribution < 1.29 is 24.9 Å². The van der Waals surface area contributed by atoms with Gasteiger partial charge in [-0.25, -0.2) is 0 Å². The van der Waals surface area contributed by atoms with Gasteiger partial charge in [-0.2, -0.15) is 0 Å². The van der Waals surface area contributed by atoms with E-state index in [1.165, 1.54) is 0 Å². The van der Waals surface area contributed by atoms with Crippen LogP contribution in [0.3, 0.4) is 0 Å². The zero-order chi connectivity index (χ0) is 20.6. The zero-order valence-corrected chi connectivity index (χ0v) is 17.6. The molecule has 4 aliphatic carbocycles. The minimum Gasteiger partial charge on any atom is -0.393 e. The number of aliphatic hydroxyl groups excluding tert-OH is 2. The molecule has 3 saturated carbocycles. The monoisotopic (exact) mass is 410 g/mol. The van der Waals surface area contributed by atoms with Crippen LogP contribution in [-0.2, 0) is 9.59 Å². The second-order valence-corrected chi connectivity index (χ2v) is 10.4. The van der Waals surface area contributed by atoms with Crippen LogP contribution in [0.4, 0.5) is 0 Å². The molecule has 0 bridgehead atoms. The predicted molar refractivity (Wildman–Crippen MR) is 105 cm³/mol. The minimum atomic E-state index is -1.92. The van der Waals surface area contributed by atoms with Crippen LogP contribution in [0, 0.1) is 34.5 Å². The summed E-state index contributed by atoms with van der Waals surface area (Å²) in [7, 11) is 0. The fraction of sp³-hybridized carbons (Fsp3) is 0.818. The molecular weight excluding hydrogens is 380 g/mol. The number of aliphatic hydroxyl groups is 3. The Morgan fingerprint density at radius 3 is 2.61 bits per heavy atom. The summed E-state index contributed by atoms with van der Waals surface area (Å²) in [5.41, 5.74) is -1.97. The molecule has 4 rings (SSSR count). The third kappa shape index (κ3) is 2.36. The first-order valence-electron chi connectivity index (χ1n) is 10.4. The second-order valence-electron chi connectivity index (χ2n) is 10.2. The number of alkyl halides is 1. The molecule has 28 heavy (non-hydrogen) atoms. The fourth-order valence-corrected chi connectivity index (χ4v) is 7.94. The van der Waals surface area contributed by atoms with E-state index in [0.717, 1.165) is 18.4 Å². The fourth-order valence-electron chi connectivity index (χ4n) is 7.74. The van der Waals surface area contributed by atoms with Crippen molar-refractivity contribution in [3.63, 3.8) is 0 Å². The smallest absolute Gasteiger partial charge is 0.182 e. The molecule has 0 aromatic heterocycles. The van der Waals surface area contributed by atoms with Gasteiger partial charge in [-0.05, 0) is 60.8 Å². The summed E-state index contributed by atoms with van der Waals surface area (Å²) in [5.74, 6) is -0.607. The molecule has 9 atom stereocenters. The van der Waals surface area contributed by atoms with Crippen molar-refractivity contribution in [2.75, 3.05) is 5.88 Å². The van der Waals surface area contributed by atoms with Gasteiger partial charge in [0.25, 0.3) is 0 Å². The summed E-state index contributed by atoms with van der Waals surface area (Å²) >= 11 is 5.78.